The molecule has 0 amide bonds. The van der Waals surface area contributed by atoms with E-state index in [1.165, 1.54) is 54.9 Å². The van der Waals surface area contributed by atoms with Crippen molar-refractivity contribution < 1.29 is 0 Å². The molecule has 1 aromatic carbocycles. The van der Waals surface area contributed by atoms with Gasteiger partial charge in [0.25, 0.3) is 5.56 Å². The van der Waals surface area contributed by atoms with E-state index in [0.29, 0.717) is 23.0 Å². The van der Waals surface area contributed by atoms with Crippen LogP contribution < -0.4 is 5.56 Å². The molecule has 142 valence electrons. The first-order valence-corrected chi connectivity index (χ1v) is 10.4. The molecule has 0 saturated heterocycles. The fourth-order valence-corrected chi connectivity index (χ4v) is 4.82. The smallest absolute Gasteiger partial charge is 0.277 e. The average Bonchev–Trinajstić information content (AvgIpc) is 3.35. The molecule has 0 radical (unpaired) electrons. The molecule has 2 aliphatic rings. The Bertz CT molecular complexity index is 1240. The largest absolute Gasteiger partial charge is 0.353 e. The van der Waals surface area contributed by atoms with Crippen molar-refractivity contribution in [3.63, 3.8) is 0 Å². The molecule has 2 aliphatic carbocycles. The van der Waals surface area contributed by atoms with E-state index in [4.69, 9.17) is 4.98 Å². The number of H-pyrrole nitrogens is 2. The van der Waals surface area contributed by atoms with E-state index in [1.807, 2.05) is 0 Å². The first-order chi connectivity index (χ1) is 13.8. The van der Waals surface area contributed by atoms with Crippen LogP contribution in [0.1, 0.15) is 68.2 Å². The molecule has 4 aromatic rings. The van der Waals surface area contributed by atoms with E-state index < -0.39 is 0 Å². The third-order valence-corrected chi connectivity index (χ3v) is 6.39. The maximum atomic E-state index is 12.7. The summed E-state index contributed by atoms with van der Waals surface area (Å²) in [5.41, 5.74) is 4.59. The number of imidazole rings is 1. The molecule has 6 heteroatoms. The summed E-state index contributed by atoms with van der Waals surface area (Å²) in [6.07, 6.45) is 9.95. The van der Waals surface area contributed by atoms with Gasteiger partial charge in [-0.2, -0.15) is 5.10 Å². The first kappa shape index (κ1) is 16.1. The van der Waals surface area contributed by atoms with Crippen molar-refractivity contribution in [2.24, 2.45) is 0 Å². The second-order valence-electron chi connectivity index (χ2n) is 8.30. The van der Waals surface area contributed by atoms with Crippen LogP contribution in [0.3, 0.4) is 0 Å². The highest BCUT2D eigenvalue weighted by Gasteiger charge is 2.28. The maximum absolute atomic E-state index is 12.7. The van der Waals surface area contributed by atoms with E-state index in [0.717, 1.165) is 24.4 Å². The van der Waals surface area contributed by atoms with Gasteiger partial charge in [-0.1, -0.05) is 37.5 Å². The average molecular weight is 373 g/mol. The molecule has 0 unspecified atom stereocenters. The topological polar surface area (TPSA) is 78.8 Å². The zero-order chi connectivity index (χ0) is 18.7. The van der Waals surface area contributed by atoms with Gasteiger partial charge < -0.3 is 9.97 Å². The predicted octanol–water partition coefficient (Wildman–Crippen LogP) is 4.49. The molecule has 2 saturated carbocycles. The lowest BCUT2D eigenvalue weighted by molar-refractivity contribution is 0.424. The van der Waals surface area contributed by atoms with Gasteiger partial charge in [-0.15, -0.1) is 0 Å². The van der Waals surface area contributed by atoms with E-state index in [2.05, 4.69) is 39.3 Å². The SMILES string of the molecule is O=c1[nH]cnn2c(C3CCCCC3)nc(-c3cc4cccc(C5CC5)c4[nH]3)c12. The van der Waals surface area contributed by atoms with Gasteiger partial charge in [0, 0.05) is 16.8 Å². The Balaban J connectivity index is 1.57. The van der Waals surface area contributed by atoms with Crippen LogP contribution in [-0.2, 0) is 0 Å². The molecule has 0 spiro atoms. The molecule has 6 rings (SSSR count). The number of fused-ring (bicyclic) bond motifs is 2. The molecular formula is C22H23N5O. The summed E-state index contributed by atoms with van der Waals surface area (Å²) in [4.78, 5) is 24.0. The molecule has 28 heavy (non-hydrogen) atoms. The van der Waals surface area contributed by atoms with Gasteiger partial charge in [0.2, 0.25) is 0 Å². The summed E-state index contributed by atoms with van der Waals surface area (Å²) in [7, 11) is 0. The highest BCUT2D eigenvalue weighted by atomic mass is 16.1. The molecule has 3 heterocycles. The summed E-state index contributed by atoms with van der Waals surface area (Å²) in [5, 5.41) is 5.64. The number of para-hydroxylation sites is 1. The number of nitrogens with zero attached hydrogens (tertiary/aromatic N) is 3. The van der Waals surface area contributed by atoms with Crippen LogP contribution in [0.15, 0.2) is 35.4 Å². The summed E-state index contributed by atoms with van der Waals surface area (Å²) >= 11 is 0. The second kappa shape index (κ2) is 6.06. The minimum absolute atomic E-state index is 0.138. The standard InChI is InChI=1S/C22H23N5O/c28-22-20-19(17-11-15-7-4-8-16(13-9-10-13)18(15)25-17)26-21(27(20)24-12-23-22)14-5-2-1-3-6-14/h4,7-8,11-14,25H,1-3,5-6,9-10H2,(H,23,24,28). The van der Waals surface area contributed by atoms with Crippen LogP contribution in [0.4, 0.5) is 0 Å². The number of rotatable bonds is 3. The second-order valence-corrected chi connectivity index (χ2v) is 8.30. The van der Waals surface area contributed by atoms with Gasteiger partial charge in [0.1, 0.15) is 17.8 Å². The van der Waals surface area contributed by atoms with E-state index in [9.17, 15) is 4.79 Å². The van der Waals surface area contributed by atoms with Crippen molar-refractivity contribution in [3.8, 4) is 11.4 Å². The third kappa shape index (κ3) is 2.44. The van der Waals surface area contributed by atoms with E-state index >= 15 is 0 Å². The van der Waals surface area contributed by atoms with Gasteiger partial charge in [0.05, 0.1) is 5.69 Å². The van der Waals surface area contributed by atoms with Crippen LogP contribution in [0.2, 0.25) is 0 Å². The number of nitrogens with one attached hydrogen (secondary N) is 2. The van der Waals surface area contributed by atoms with Gasteiger partial charge in [-0.05, 0) is 43.2 Å². The highest BCUT2D eigenvalue weighted by molar-refractivity contribution is 5.90. The van der Waals surface area contributed by atoms with E-state index in [-0.39, 0.29) is 5.56 Å². The molecule has 3 aromatic heterocycles. The van der Waals surface area contributed by atoms with Crippen LogP contribution in [0.5, 0.6) is 0 Å². The van der Waals surface area contributed by atoms with Crippen molar-refractivity contribution in [1.29, 1.82) is 0 Å². The number of hydrogen-bond acceptors (Lipinski definition) is 3. The van der Waals surface area contributed by atoms with Crippen LogP contribution >= 0.6 is 0 Å². The zero-order valence-corrected chi connectivity index (χ0v) is 15.7. The van der Waals surface area contributed by atoms with E-state index in [1.54, 1.807) is 4.52 Å². The van der Waals surface area contributed by atoms with Gasteiger partial charge in [-0.3, -0.25) is 4.79 Å². The fraction of sp³-hybridized carbons (Fsp3) is 0.409. The lowest BCUT2D eigenvalue weighted by Crippen LogP contribution is -2.15. The quantitative estimate of drug-likeness (QED) is 0.555. The Hall–Kier alpha value is -2.89. The first-order valence-electron chi connectivity index (χ1n) is 10.4. The van der Waals surface area contributed by atoms with Gasteiger partial charge in [-0.25, -0.2) is 9.50 Å². The molecule has 0 aliphatic heterocycles. The Kier molecular flexibility index (Phi) is 3.48. The Morgan fingerprint density at radius 3 is 2.71 bits per heavy atom. The molecule has 2 fully saturated rings. The molecule has 0 atom stereocenters. The Morgan fingerprint density at radius 1 is 1.04 bits per heavy atom. The number of hydrogen-bond donors (Lipinski definition) is 2. The van der Waals surface area contributed by atoms with Crippen molar-refractivity contribution in [3.05, 3.63) is 52.3 Å². The summed E-state index contributed by atoms with van der Waals surface area (Å²) < 4.78 is 1.78. The summed E-state index contributed by atoms with van der Waals surface area (Å²) in [6.45, 7) is 0. The molecule has 0 bridgehead atoms. The Morgan fingerprint density at radius 2 is 1.89 bits per heavy atom. The van der Waals surface area contributed by atoms with Crippen LogP contribution in [-0.4, -0.2) is 24.6 Å². The summed E-state index contributed by atoms with van der Waals surface area (Å²) in [5.74, 6) is 1.96. The van der Waals surface area contributed by atoms with Crippen molar-refractivity contribution in [2.45, 2.75) is 56.8 Å². The van der Waals surface area contributed by atoms with Crippen molar-refractivity contribution in [2.75, 3.05) is 0 Å². The maximum Gasteiger partial charge on any atom is 0.277 e. The normalized spacial score (nSPS) is 18.3. The third-order valence-electron chi connectivity index (χ3n) is 6.39. The highest BCUT2D eigenvalue weighted by Crippen LogP contribution is 2.43. The lowest BCUT2D eigenvalue weighted by atomic mass is 9.89. The molecule has 2 N–H and O–H groups in total. The minimum Gasteiger partial charge on any atom is -0.353 e. The number of aromatic nitrogens is 5. The van der Waals surface area contributed by atoms with Crippen molar-refractivity contribution >= 4 is 16.4 Å². The monoisotopic (exact) mass is 373 g/mol. The number of aromatic amines is 2. The van der Waals surface area contributed by atoms with Crippen LogP contribution in [0, 0.1) is 0 Å². The van der Waals surface area contributed by atoms with Crippen LogP contribution in [0.25, 0.3) is 27.8 Å². The Labute approximate surface area is 162 Å². The molecular weight excluding hydrogens is 350 g/mol. The molecule has 6 nitrogen and oxygen atoms in total. The zero-order valence-electron chi connectivity index (χ0n) is 15.7. The fourth-order valence-electron chi connectivity index (χ4n) is 4.82. The van der Waals surface area contributed by atoms with Gasteiger partial charge in [0.15, 0.2) is 5.52 Å². The number of benzene rings is 1. The van der Waals surface area contributed by atoms with Gasteiger partial charge >= 0.3 is 0 Å². The minimum atomic E-state index is -0.138. The summed E-state index contributed by atoms with van der Waals surface area (Å²) in [6, 6.07) is 8.60. The van der Waals surface area contributed by atoms with Crippen molar-refractivity contribution in [1.82, 2.24) is 24.6 Å². The predicted molar refractivity (Wildman–Crippen MR) is 109 cm³/mol. The lowest BCUT2D eigenvalue weighted by Gasteiger charge is -2.19.